The summed E-state index contributed by atoms with van der Waals surface area (Å²) in [6.07, 6.45) is 2.32. The summed E-state index contributed by atoms with van der Waals surface area (Å²) in [7, 11) is 0. The zero-order chi connectivity index (χ0) is 15.7. The molecule has 0 saturated carbocycles. The topological polar surface area (TPSA) is 96.2 Å². The summed E-state index contributed by atoms with van der Waals surface area (Å²) < 4.78 is 0. The third-order valence-electron chi connectivity index (χ3n) is 3.01. The number of nitro groups is 1. The summed E-state index contributed by atoms with van der Waals surface area (Å²) in [5, 5.41) is 17.0. The molecule has 1 aromatic heterocycles. The molecule has 0 radical (unpaired) electrons. The van der Waals surface area contributed by atoms with Gasteiger partial charge in [0, 0.05) is 19.6 Å². The van der Waals surface area contributed by atoms with Crippen LogP contribution in [0.2, 0.25) is 0 Å². The molecule has 1 heterocycles. The maximum absolute atomic E-state index is 11.0. The molecule has 0 aliphatic heterocycles. The first-order valence-corrected chi connectivity index (χ1v) is 7.33. The quantitative estimate of drug-likeness (QED) is 0.503. The van der Waals surface area contributed by atoms with Crippen LogP contribution in [-0.2, 0) is 0 Å². The second-order valence-corrected chi connectivity index (χ2v) is 4.58. The number of hydrogen-bond donors (Lipinski definition) is 2. The molecule has 0 atom stereocenters. The molecule has 8 heteroatoms. The second kappa shape index (κ2) is 9.06. The molecule has 0 bridgehead atoms. The number of aromatic nitrogens is 2. The van der Waals surface area contributed by atoms with Gasteiger partial charge in [0.15, 0.2) is 0 Å². The normalized spacial score (nSPS) is 10.7. The number of nitrogens with one attached hydrogen (secondary N) is 2. The van der Waals surface area contributed by atoms with E-state index in [1.54, 1.807) is 0 Å². The lowest BCUT2D eigenvalue weighted by Gasteiger charge is -2.19. The van der Waals surface area contributed by atoms with Crippen molar-refractivity contribution in [3.8, 4) is 0 Å². The SMILES string of the molecule is CCCN(CC)CCNc1nc(NCC)ncc1[N+](=O)[O-]. The first kappa shape index (κ1) is 17.1. The standard InChI is InChI=1S/C13H24N6O2/c1-4-8-18(6-3)9-7-15-12-11(19(20)21)10-16-13(17-12)14-5-2/h10H,4-9H2,1-3H3,(H2,14,15,16,17). The van der Waals surface area contributed by atoms with Crippen molar-refractivity contribution in [3.05, 3.63) is 16.3 Å². The molecule has 0 aromatic carbocycles. The molecule has 0 amide bonds. The Morgan fingerprint density at radius 1 is 1.29 bits per heavy atom. The maximum atomic E-state index is 11.0. The van der Waals surface area contributed by atoms with E-state index in [9.17, 15) is 10.1 Å². The van der Waals surface area contributed by atoms with Gasteiger partial charge < -0.3 is 15.5 Å². The first-order chi connectivity index (χ1) is 10.1. The summed E-state index contributed by atoms with van der Waals surface area (Å²) >= 11 is 0. The minimum absolute atomic E-state index is 0.102. The molecule has 2 N–H and O–H groups in total. The van der Waals surface area contributed by atoms with E-state index in [-0.39, 0.29) is 11.5 Å². The Balaban J connectivity index is 2.70. The van der Waals surface area contributed by atoms with Crippen molar-refractivity contribution < 1.29 is 4.92 Å². The lowest BCUT2D eigenvalue weighted by Crippen LogP contribution is -2.30. The van der Waals surface area contributed by atoms with E-state index in [2.05, 4.69) is 39.3 Å². The van der Waals surface area contributed by atoms with Gasteiger partial charge in [-0.3, -0.25) is 10.1 Å². The van der Waals surface area contributed by atoms with Gasteiger partial charge in [-0.25, -0.2) is 4.98 Å². The van der Waals surface area contributed by atoms with E-state index in [0.717, 1.165) is 26.1 Å². The highest BCUT2D eigenvalue weighted by atomic mass is 16.6. The Labute approximate surface area is 125 Å². The van der Waals surface area contributed by atoms with Crippen LogP contribution in [-0.4, -0.2) is 52.5 Å². The molecule has 0 aliphatic carbocycles. The van der Waals surface area contributed by atoms with Crippen molar-refractivity contribution in [2.75, 3.05) is 43.4 Å². The second-order valence-electron chi connectivity index (χ2n) is 4.58. The van der Waals surface area contributed by atoms with Crippen molar-refractivity contribution in [1.29, 1.82) is 0 Å². The molecular weight excluding hydrogens is 272 g/mol. The lowest BCUT2D eigenvalue weighted by atomic mass is 10.4. The molecule has 21 heavy (non-hydrogen) atoms. The van der Waals surface area contributed by atoms with Crippen molar-refractivity contribution in [1.82, 2.24) is 14.9 Å². The first-order valence-electron chi connectivity index (χ1n) is 7.33. The van der Waals surface area contributed by atoms with Gasteiger partial charge in [-0.15, -0.1) is 0 Å². The predicted molar refractivity (Wildman–Crippen MR) is 83.7 cm³/mol. The fourth-order valence-electron chi connectivity index (χ4n) is 1.96. The van der Waals surface area contributed by atoms with Gasteiger partial charge in [-0.1, -0.05) is 13.8 Å². The smallest absolute Gasteiger partial charge is 0.329 e. The summed E-state index contributed by atoms with van der Waals surface area (Å²) in [5.41, 5.74) is -0.102. The van der Waals surface area contributed by atoms with E-state index in [1.165, 1.54) is 6.20 Å². The van der Waals surface area contributed by atoms with Gasteiger partial charge in [0.25, 0.3) is 0 Å². The lowest BCUT2D eigenvalue weighted by molar-refractivity contribution is -0.384. The van der Waals surface area contributed by atoms with Crippen LogP contribution in [0.4, 0.5) is 17.5 Å². The zero-order valence-corrected chi connectivity index (χ0v) is 12.9. The molecule has 1 aromatic rings. The monoisotopic (exact) mass is 296 g/mol. The van der Waals surface area contributed by atoms with Crippen molar-refractivity contribution in [2.45, 2.75) is 27.2 Å². The number of hydrogen-bond acceptors (Lipinski definition) is 7. The molecule has 0 fully saturated rings. The summed E-state index contributed by atoms with van der Waals surface area (Å²) in [4.78, 5) is 20.9. The Hall–Kier alpha value is -1.96. The van der Waals surface area contributed by atoms with Gasteiger partial charge in [0.1, 0.15) is 6.20 Å². The average molecular weight is 296 g/mol. The molecule has 118 valence electrons. The number of likely N-dealkylation sites (N-methyl/N-ethyl adjacent to an activating group) is 1. The van der Waals surface area contributed by atoms with Crippen LogP contribution in [0, 0.1) is 10.1 Å². The van der Waals surface area contributed by atoms with E-state index in [4.69, 9.17) is 0 Å². The van der Waals surface area contributed by atoms with Crippen molar-refractivity contribution >= 4 is 17.5 Å². The van der Waals surface area contributed by atoms with E-state index >= 15 is 0 Å². The van der Waals surface area contributed by atoms with Crippen LogP contribution in [0.3, 0.4) is 0 Å². The Morgan fingerprint density at radius 2 is 2.05 bits per heavy atom. The van der Waals surface area contributed by atoms with E-state index in [1.807, 2.05) is 6.92 Å². The summed E-state index contributed by atoms with van der Waals surface area (Å²) in [6, 6.07) is 0. The van der Waals surface area contributed by atoms with Crippen LogP contribution in [0.15, 0.2) is 6.20 Å². The van der Waals surface area contributed by atoms with Gasteiger partial charge in [0.05, 0.1) is 4.92 Å². The molecule has 0 aliphatic rings. The van der Waals surface area contributed by atoms with Crippen LogP contribution < -0.4 is 10.6 Å². The molecule has 8 nitrogen and oxygen atoms in total. The van der Waals surface area contributed by atoms with Crippen LogP contribution >= 0.6 is 0 Å². The van der Waals surface area contributed by atoms with Crippen molar-refractivity contribution in [3.63, 3.8) is 0 Å². The van der Waals surface area contributed by atoms with Gasteiger partial charge >= 0.3 is 5.69 Å². The third kappa shape index (κ3) is 5.50. The number of anilines is 2. The summed E-state index contributed by atoms with van der Waals surface area (Å²) in [6.45, 7) is 10.2. The molecular formula is C13H24N6O2. The average Bonchev–Trinajstić information content (AvgIpc) is 2.46. The highest BCUT2D eigenvalue weighted by Gasteiger charge is 2.17. The predicted octanol–water partition coefficient (Wildman–Crippen LogP) is 1.96. The highest BCUT2D eigenvalue weighted by Crippen LogP contribution is 2.21. The molecule has 0 spiro atoms. The Bertz CT molecular complexity index is 454. The van der Waals surface area contributed by atoms with Gasteiger partial charge in [0.2, 0.25) is 11.8 Å². The third-order valence-corrected chi connectivity index (χ3v) is 3.01. The minimum atomic E-state index is -0.471. The maximum Gasteiger partial charge on any atom is 0.329 e. The summed E-state index contributed by atoms with van der Waals surface area (Å²) in [5.74, 6) is 0.657. The van der Waals surface area contributed by atoms with E-state index < -0.39 is 4.92 Å². The van der Waals surface area contributed by atoms with Gasteiger partial charge in [-0.2, -0.15) is 4.98 Å². The van der Waals surface area contributed by atoms with Crippen LogP contribution in [0.25, 0.3) is 0 Å². The number of rotatable bonds is 10. The van der Waals surface area contributed by atoms with Crippen molar-refractivity contribution in [2.24, 2.45) is 0 Å². The fraction of sp³-hybridized carbons (Fsp3) is 0.692. The molecule has 0 saturated heterocycles. The minimum Gasteiger partial charge on any atom is -0.363 e. The fourth-order valence-corrected chi connectivity index (χ4v) is 1.96. The highest BCUT2D eigenvalue weighted by molar-refractivity contribution is 5.56. The number of nitrogens with zero attached hydrogens (tertiary/aromatic N) is 4. The largest absolute Gasteiger partial charge is 0.363 e. The molecule has 0 unspecified atom stereocenters. The van der Waals surface area contributed by atoms with Crippen LogP contribution in [0.1, 0.15) is 27.2 Å². The molecule has 1 rings (SSSR count). The van der Waals surface area contributed by atoms with E-state index in [0.29, 0.717) is 19.0 Å². The zero-order valence-electron chi connectivity index (χ0n) is 12.9. The Kier molecular flexibility index (Phi) is 7.38. The Morgan fingerprint density at radius 3 is 2.62 bits per heavy atom. The van der Waals surface area contributed by atoms with Gasteiger partial charge in [-0.05, 0) is 26.4 Å². The van der Waals surface area contributed by atoms with Crippen LogP contribution in [0.5, 0.6) is 0 Å².